The van der Waals surface area contributed by atoms with Crippen molar-refractivity contribution in [1.82, 2.24) is 15.0 Å². The number of fused-ring (bicyclic) bond motifs is 19. The Balaban J connectivity index is 0.796. The van der Waals surface area contributed by atoms with Crippen LogP contribution >= 0.6 is 11.3 Å². The summed E-state index contributed by atoms with van der Waals surface area (Å²) >= 11 is 1.79. The lowest BCUT2D eigenvalue weighted by molar-refractivity contribution is 0.668. The number of aromatic nitrogens is 3. The van der Waals surface area contributed by atoms with Crippen molar-refractivity contribution in [1.29, 1.82) is 0 Å². The van der Waals surface area contributed by atoms with Crippen LogP contribution in [-0.2, 0) is 5.41 Å². The van der Waals surface area contributed by atoms with E-state index in [9.17, 15) is 0 Å². The van der Waals surface area contributed by atoms with Gasteiger partial charge in [-0.2, -0.15) is 0 Å². The highest BCUT2D eigenvalue weighted by Crippen LogP contribution is 2.63. The van der Waals surface area contributed by atoms with Crippen LogP contribution in [0.25, 0.3) is 143 Å². The molecular weight excluding hydrogens is 947 g/mol. The van der Waals surface area contributed by atoms with Crippen molar-refractivity contribution in [3.05, 3.63) is 259 Å². The van der Waals surface area contributed by atoms with Gasteiger partial charge in [0.05, 0.1) is 5.41 Å². The van der Waals surface area contributed by atoms with Crippen LogP contribution in [0.1, 0.15) is 22.3 Å². The van der Waals surface area contributed by atoms with Crippen molar-refractivity contribution in [2.75, 3.05) is 0 Å². The van der Waals surface area contributed by atoms with Gasteiger partial charge in [0.1, 0.15) is 22.3 Å². The van der Waals surface area contributed by atoms with E-state index in [0.717, 1.165) is 77.1 Å². The summed E-state index contributed by atoms with van der Waals surface area (Å²) in [5, 5.41) is 6.25. The Kier molecular flexibility index (Phi) is 8.58. The average molecular weight is 986 g/mol. The molecule has 352 valence electrons. The van der Waals surface area contributed by atoms with E-state index in [1.165, 1.54) is 70.4 Å². The molecule has 2 aliphatic carbocycles. The summed E-state index contributed by atoms with van der Waals surface area (Å²) in [5.41, 5.74) is 20.7. The number of furan rings is 2. The minimum atomic E-state index is -0.357. The molecule has 0 bridgehead atoms. The molecule has 0 amide bonds. The Morgan fingerprint density at radius 1 is 0.276 bits per heavy atom. The molecule has 0 aliphatic heterocycles. The van der Waals surface area contributed by atoms with Gasteiger partial charge in [-0.25, -0.2) is 15.0 Å². The first-order chi connectivity index (χ1) is 37.7. The predicted molar refractivity (Wildman–Crippen MR) is 311 cm³/mol. The Hall–Kier alpha value is -9.75. The van der Waals surface area contributed by atoms with Crippen LogP contribution in [0.3, 0.4) is 0 Å². The summed E-state index contributed by atoms with van der Waals surface area (Å²) in [6.45, 7) is 0. The molecule has 0 unspecified atom stereocenters. The van der Waals surface area contributed by atoms with Gasteiger partial charge in [0.15, 0.2) is 17.5 Å². The molecule has 2 aliphatic rings. The van der Waals surface area contributed by atoms with Crippen molar-refractivity contribution >= 4 is 75.4 Å². The fraction of sp³-hybridized carbons (Fsp3) is 0.0143. The summed E-state index contributed by atoms with van der Waals surface area (Å²) in [6, 6.07) is 85.0. The standard InChI is InChI=1S/C70H39N3O2S/c1-6-22-54-44(14-1)45-15-2-7-23-55(45)70(54)56-24-8-3-16-46(56)52-38-42(34-36-57(52)70)40-30-32-41(33-31-40)43-35-37-59-53(39-43)65-50(20-12-27-61(65)75-59)68-71-67(49-19-11-26-60-64(49)47-17-4-9-25-58(47)74-60)72-69(73-68)51-21-13-29-63-66(51)48-18-5-10-28-62(48)76-63/h1-39H. The largest absolute Gasteiger partial charge is 0.456 e. The van der Waals surface area contributed by atoms with E-state index >= 15 is 0 Å². The lowest BCUT2D eigenvalue weighted by atomic mass is 9.70. The third-order valence-electron chi connectivity index (χ3n) is 16.2. The number of para-hydroxylation sites is 1. The molecule has 5 nitrogen and oxygen atoms in total. The van der Waals surface area contributed by atoms with Crippen LogP contribution in [0.5, 0.6) is 0 Å². The van der Waals surface area contributed by atoms with E-state index in [4.69, 9.17) is 23.8 Å². The highest BCUT2D eigenvalue weighted by molar-refractivity contribution is 7.25. The van der Waals surface area contributed by atoms with Gasteiger partial charge in [-0.15, -0.1) is 11.3 Å². The van der Waals surface area contributed by atoms with Gasteiger partial charge in [0.25, 0.3) is 0 Å². The number of thiophene rings is 1. The van der Waals surface area contributed by atoms with E-state index in [2.05, 4.69) is 194 Å². The van der Waals surface area contributed by atoms with Crippen LogP contribution < -0.4 is 0 Å². The Labute approximate surface area is 439 Å². The maximum absolute atomic E-state index is 6.66. The molecule has 17 rings (SSSR count). The van der Waals surface area contributed by atoms with Crippen LogP contribution in [0.15, 0.2) is 245 Å². The first kappa shape index (κ1) is 41.7. The summed E-state index contributed by atoms with van der Waals surface area (Å²) in [6.07, 6.45) is 0. The maximum Gasteiger partial charge on any atom is 0.164 e. The van der Waals surface area contributed by atoms with Crippen molar-refractivity contribution in [3.63, 3.8) is 0 Å². The van der Waals surface area contributed by atoms with Crippen molar-refractivity contribution < 1.29 is 8.83 Å². The monoisotopic (exact) mass is 985 g/mol. The van der Waals surface area contributed by atoms with Crippen molar-refractivity contribution in [3.8, 4) is 78.7 Å². The van der Waals surface area contributed by atoms with E-state index in [0.29, 0.717) is 17.5 Å². The smallest absolute Gasteiger partial charge is 0.164 e. The quantitative estimate of drug-likeness (QED) is 0.172. The highest BCUT2D eigenvalue weighted by atomic mass is 32.1. The number of nitrogens with zero attached hydrogens (tertiary/aromatic N) is 3. The molecule has 76 heavy (non-hydrogen) atoms. The van der Waals surface area contributed by atoms with Gasteiger partial charge >= 0.3 is 0 Å². The molecule has 15 aromatic rings. The molecule has 6 heteroatoms. The third kappa shape index (κ3) is 5.76. The molecule has 4 heterocycles. The summed E-state index contributed by atoms with van der Waals surface area (Å²) < 4.78 is 15.5. The second-order valence-corrected chi connectivity index (χ2v) is 21.2. The number of benzene rings is 11. The number of hydrogen-bond acceptors (Lipinski definition) is 6. The lowest BCUT2D eigenvalue weighted by Gasteiger charge is -2.30. The zero-order valence-corrected chi connectivity index (χ0v) is 41.4. The molecule has 0 N–H and O–H groups in total. The van der Waals surface area contributed by atoms with E-state index in [1.807, 2.05) is 42.5 Å². The van der Waals surface area contributed by atoms with Crippen molar-refractivity contribution in [2.24, 2.45) is 0 Å². The molecule has 1 spiro atoms. The van der Waals surface area contributed by atoms with Gasteiger partial charge in [0.2, 0.25) is 0 Å². The molecule has 0 saturated carbocycles. The molecule has 4 aromatic heterocycles. The highest BCUT2D eigenvalue weighted by Gasteiger charge is 2.51. The Morgan fingerprint density at radius 2 is 0.697 bits per heavy atom. The molecule has 0 radical (unpaired) electrons. The zero-order valence-electron chi connectivity index (χ0n) is 40.6. The predicted octanol–water partition coefficient (Wildman–Crippen LogP) is 18.7. The maximum atomic E-state index is 6.66. The summed E-state index contributed by atoms with van der Waals surface area (Å²) in [5.74, 6) is 1.74. The van der Waals surface area contributed by atoms with Gasteiger partial charge in [-0.05, 0) is 115 Å². The first-order valence-corrected chi connectivity index (χ1v) is 26.5. The number of rotatable bonds is 5. The SMILES string of the molecule is c1ccc2c(c1)-c1ccccc1C21c2ccccc2-c2cc(-c3ccc(-c4ccc5oc6cccc(-c7nc(-c8cccc9oc%10ccccc%10c89)nc(-c8cccc9sc%10ccccc%10c89)n7)c6c5c4)cc3)ccc21. The fourth-order valence-corrected chi connectivity index (χ4v) is 14.1. The normalized spacial score (nSPS) is 13.1. The third-order valence-corrected chi connectivity index (χ3v) is 17.3. The Bertz CT molecular complexity index is 4790. The second kappa shape index (κ2) is 15.6. The lowest BCUT2D eigenvalue weighted by Crippen LogP contribution is -2.25. The Morgan fingerprint density at radius 3 is 1.34 bits per heavy atom. The molecule has 11 aromatic carbocycles. The molecule has 0 atom stereocenters. The van der Waals surface area contributed by atoms with E-state index in [-0.39, 0.29) is 5.41 Å². The second-order valence-electron chi connectivity index (χ2n) is 20.1. The average Bonchev–Trinajstić information content (AvgIpc) is 4.47. The van der Waals surface area contributed by atoms with Gasteiger partial charge in [-0.1, -0.05) is 188 Å². The van der Waals surface area contributed by atoms with E-state index < -0.39 is 0 Å². The fourth-order valence-electron chi connectivity index (χ4n) is 13.0. The van der Waals surface area contributed by atoms with Crippen LogP contribution in [0.4, 0.5) is 0 Å². The van der Waals surface area contributed by atoms with Crippen LogP contribution in [-0.4, -0.2) is 15.0 Å². The van der Waals surface area contributed by atoms with Crippen molar-refractivity contribution in [2.45, 2.75) is 5.41 Å². The minimum Gasteiger partial charge on any atom is -0.456 e. The van der Waals surface area contributed by atoms with Gasteiger partial charge < -0.3 is 8.83 Å². The number of hydrogen-bond donors (Lipinski definition) is 0. The van der Waals surface area contributed by atoms with Gasteiger partial charge in [0, 0.05) is 58.4 Å². The van der Waals surface area contributed by atoms with Gasteiger partial charge in [-0.3, -0.25) is 0 Å². The van der Waals surface area contributed by atoms with E-state index in [1.54, 1.807) is 11.3 Å². The molecule has 0 fully saturated rings. The molecular formula is C70H39N3O2S. The van der Waals surface area contributed by atoms with Crippen LogP contribution in [0, 0.1) is 0 Å². The first-order valence-electron chi connectivity index (χ1n) is 25.7. The zero-order chi connectivity index (χ0) is 49.6. The molecule has 0 saturated heterocycles. The summed E-state index contributed by atoms with van der Waals surface area (Å²) in [4.78, 5) is 16.2. The summed E-state index contributed by atoms with van der Waals surface area (Å²) in [7, 11) is 0. The topological polar surface area (TPSA) is 65.0 Å². The van der Waals surface area contributed by atoms with Crippen LogP contribution in [0.2, 0.25) is 0 Å². The minimum absolute atomic E-state index is 0.357.